The molecule has 0 aliphatic rings. The molecular formula is C17H19Cl2N3O5S. The largest absolute Gasteiger partial charge is 0.480 e. The number of fused-ring (bicyclic) bond motifs is 1. The Kier molecular flexibility index (Phi) is 7.59. The SMILES string of the molecule is CC(C)C[C@H](NC(CC(=O)Nc1nc2cc(Cl)c(Cl)cc2s1)C(=O)O)C(=O)O. The predicted molar refractivity (Wildman–Crippen MR) is 108 cm³/mol. The van der Waals surface area contributed by atoms with Gasteiger partial charge in [0.25, 0.3) is 0 Å². The van der Waals surface area contributed by atoms with E-state index >= 15 is 0 Å². The second-order valence-electron chi connectivity index (χ2n) is 6.58. The summed E-state index contributed by atoms with van der Waals surface area (Å²) in [6.45, 7) is 3.65. The maximum atomic E-state index is 12.3. The molecule has 0 saturated heterocycles. The van der Waals surface area contributed by atoms with Crippen molar-refractivity contribution >= 4 is 67.7 Å². The Hall–Kier alpha value is -1.94. The first-order chi connectivity index (χ1) is 13.1. The van der Waals surface area contributed by atoms with Gasteiger partial charge in [0.2, 0.25) is 5.91 Å². The van der Waals surface area contributed by atoms with E-state index in [1.807, 2.05) is 13.8 Å². The molecule has 1 aromatic carbocycles. The van der Waals surface area contributed by atoms with Crippen molar-refractivity contribution in [2.75, 3.05) is 5.32 Å². The van der Waals surface area contributed by atoms with E-state index in [-0.39, 0.29) is 17.5 Å². The van der Waals surface area contributed by atoms with Gasteiger partial charge in [0.05, 0.1) is 26.7 Å². The lowest BCUT2D eigenvalue weighted by molar-refractivity contribution is -0.144. The van der Waals surface area contributed by atoms with Crippen LogP contribution < -0.4 is 10.6 Å². The second-order valence-corrected chi connectivity index (χ2v) is 8.43. The summed E-state index contributed by atoms with van der Waals surface area (Å²) in [7, 11) is 0. The quantitative estimate of drug-likeness (QED) is 0.462. The molecule has 28 heavy (non-hydrogen) atoms. The molecular weight excluding hydrogens is 429 g/mol. The van der Waals surface area contributed by atoms with E-state index in [9.17, 15) is 24.6 Å². The van der Waals surface area contributed by atoms with Gasteiger partial charge in [0, 0.05) is 0 Å². The third-order valence-electron chi connectivity index (χ3n) is 3.77. The number of hydrogen-bond acceptors (Lipinski definition) is 6. The highest BCUT2D eigenvalue weighted by Crippen LogP contribution is 2.33. The number of benzene rings is 1. The molecule has 2 aromatic rings. The van der Waals surface area contributed by atoms with E-state index in [2.05, 4.69) is 15.6 Å². The molecule has 1 heterocycles. The molecule has 0 aliphatic heterocycles. The summed E-state index contributed by atoms with van der Waals surface area (Å²) in [4.78, 5) is 39.3. The summed E-state index contributed by atoms with van der Waals surface area (Å²) in [5.74, 6) is -3.04. The van der Waals surface area contributed by atoms with E-state index in [0.717, 1.165) is 11.3 Å². The topological polar surface area (TPSA) is 129 Å². The maximum absolute atomic E-state index is 12.3. The van der Waals surface area contributed by atoms with Crippen LogP contribution in [0.5, 0.6) is 0 Å². The number of nitrogens with one attached hydrogen (secondary N) is 2. The minimum atomic E-state index is -1.35. The van der Waals surface area contributed by atoms with E-state index in [1.165, 1.54) is 0 Å². The van der Waals surface area contributed by atoms with Crippen molar-refractivity contribution in [3.05, 3.63) is 22.2 Å². The Balaban J connectivity index is 2.07. The maximum Gasteiger partial charge on any atom is 0.321 e. The number of hydrogen-bond donors (Lipinski definition) is 4. The molecule has 0 spiro atoms. The van der Waals surface area contributed by atoms with Gasteiger partial charge in [-0.15, -0.1) is 0 Å². The number of rotatable bonds is 9. The number of amides is 1. The van der Waals surface area contributed by atoms with Gasteiger partial charge in [-0.05, 0) is 24.5 Å². The van der Waals surface area contributed by atoms with Crippen LogP contribution in [-0.2, 0) is 14.4 Å². The first-order valence-electron chi connectivity index (χ1n) is 8.34. The third kappa shape index (κ3) is 6.03. The van der Waals surface area contributed by atoms with Crippen molar-refractivity contribution in [3.8, 4) is 0 Å². The number of carbonyl (C=O) groups excluding carboxylic acids is 1. The average molecular weight is 448 g/mol. The highest BCUT2D eigenvalue weighted by Gasteiger charge is 2.28. The molecule has 0 aliphatic carbocycles. The van der Waals surface area contributed by atoms with Crippen LogP contribution in [0.15, 0.2) is 12.1 Å². The molecule has 1 aromatic heterocycles. The lowest BCUT2D eigenvalue weighted by Crippen LogP contribution is -2.49. The molecule has 0 bridgehead atoms. The van der Waals surface area contributed by atoms with Crippen molar-refractivity contribution in [3.63, 3.8) is 0 Å². The fourth-order valence-electron chi connectivity index (χ4n) is 2.50. The summed E-state index contributed by atoms with van der Waals surface area (Å²) < 4.78 is 0.709. The molecule has 2 rings (SSSR count). The van der Waals surface area contributed by atoms with Crippen molar-refractivity contribution in [2.24, 2.45) is 5.92 Å². The van der Waals surface area contributed by atoms with Crippen LogP contribution in [0.25, 0.3) is 10.2 Å². The standard InChI is InChI=1S/C17H19Cl2N3O5S/c1-7(2)3-11(15(24)25)20-12(16(26)27)6-14(23)22-17-21-10-4-8(18)9(19)5-13(10)28-17/h4-5,7,11-12,20H,3,6H2,1-2H3,(H,24,25)(H,26,27)(H,21,22,23)/t11-,12?/m0/s1. The monoisotopic (exact) mass is 447 g/mol. The normalized spacial score (nSPS) is 13.5. The number of aromatic nitrogens is 1. The van der Waals surface area contributed by atoms with Crippen molar-refractivity contribution < 1.29 is 24.6 Å². The van der Waals surface area contributed by atoms with Gasteiger partial charge in [0.15, 0.2) is 5.13 Å². The van der Waals surface area contributed by atoms with Gasteiger partial charge in [-0.3, -0.25) is 19.7 Å². The number of carboxylic acid groups (broad SMARTS) is 2. The average Bonchev–Trinajstić information content (AvgIpc) is 2.93. The van der Waals surface area contributed by atoms with Crippen molar-refractivity contribution in [1.82, 2.24) is 10.3 Å². The molecule has 0 fully saturated rings. The number of halogens is 2. The van der Waals surface area contributed by atoms with Crippen LogP contribution >= 0.6 is 34.5 Å². The fraction of sp³-hybridized carbons (Fsp3) is 0.412. The molecule has 1 amide bonds. The minimum Gasteiger partial charge on any atom is -0.480 e. The summed E-state index contributed by atoms with van der Waals surface area (Å²) in [5, 5.41) is 24.6. The molecule has 152 valence electrons. The van der Waals surface area contributed by atoms with Crippen LogP contribution in [0.4, 0.5) is 5.13 Å². The highest BCUT2D eigenvalue weighted by atomic mass is 35.5. The fourth-order valence-corrected chi connectivity index (χ4v) is 3.79. The predicted octanol–water partition coefficient (Wildman–Crippen LogP) is 3.47. The summed E-state index contributed by atoms with van der Waals surface area (Å²) >= 11 is 13.1. The first kappa shape index (κ1) is 22.4. The summed E-state index contributed by atoms with van der Waals surface area (Å²) in [5.41, 5.74) is 0.547. The number of carbonyl (C=O) groups is 3. The molecule has 0 saturated carbocycles. The number of aliphatic carboxylic acids is 2. The zero-order valence-corrected chi connectivity index (χ0v) is 17.4. The second kappa shape index (κ2) is 9.51. The van der Waals surface area contributed by atoms with Crippen LogP contribution in [0, 0.1) is 5.92 Å². The van der Waals surface area contributed by atoms with Gasteiger partial charge in [0.1, 0.15) is 12.1 Å². The Bertz CT molecular complexity index is 863. The summed E-state index contributed by atoms with van der Waals surface area (Å²) in [6.07, 6.45) is -0.214. The van der Waals surface area contributed by atoms with Crippen LogP contribution in [0.3, 0.4) is 0 Å². The molecule has 11 heteroatoms. The van der Waals surface area contributed by atoms with E-state index in [1.54, 1.807) is 12.1 Å². The van der Waals surface area contributed by atoms with E-state index in [4.69, 9.17) is 23.2 Å². The van der Waals surface area contributed by atoms with E-state index < -0.39 is 36.4 Å². The molecule has 1 unspecified atom stereocenters. The lowest BCUT2D eigenvalue weighted by atomic mass is 10.0. The van der Waals surface area contributed by atoms with Crippen molar-refractivity contribution in [2.45, 2.75) is 38.8 Å². The number of anilines is 1. The number of carboxylic acids is 2. The van der Waals surface area contributed by atoms with Gasteiger partial charge >= 0.3 is 11.9 Å². The summed E-state index contributed by atoms with van der Waals surface area (Å²) in [6, 6.07) is 0.771. The van der Waals surface area contributed by atoms with Crippen molar-refractivity contribution in [1.29, 1.82) is 0 Å². The van der Waals surface area contributed by atoms with Crippen LogP contribution in [-0.4, -0.2) is 45.1 Å². The molecule has 4 N–H and O–H groups in total. The molecule has 8 nitrogen and oxygen atoms in total. The number of nitrogens with zero attached hydrogens (tertiary/aromatic N) is 1. The Labute approximate surface area is 174 Å². The minimum absolute atomic E-state index is 0.0401. The van der Waals surface area contributed by atoms with Gasteiger partial charge in [-0.1, -0.05) is 48.4 Å². The van der Waals surface area contributed by atoms with Gasteiger partial charge in [-0.25, -0.2) is 4.98 Å². The molecule has 0 radical (unpaired) electrons. The first-order valence-corrected chi connectivity index (χ1v) is 9.91. The molecule has 2 atom stereocenters. The lowest BCUT2D eigenvalue weighted by Gasteiger charge is -2.21. The Morgan fingerprint density at radius 2 is 1.71 bits per heavy atom. The highest BCUT2D eigenvalue weighted by molar-refractivity contribution is 7.22. The van der Waals surface area contributed by atoms with Gasteiger partial charge < -0.3 is 15.5 Å². The smallest absolute Gasteiger partial charge is 0.321 e. The van der Waals surface area contributed by atoms with Gasteiger partial charge in [-0.2, -0.15) is 0 Å². The Morgan fingerprint density at radius 3 is 2.29 bits per heavy atom. The zero-order chi connectivity index (χ0) is 21.0. The third-order valence-corrected chi connectivity index (χ3v) is 5.43. The number of thiazole rings is 1. The van der Waals surface area contributed by atoms with Crippen LogP contribution in [0.2, 0.25) is 10.0 Å². The Morgan fingerprint density at radius 1 is 1.11 bits per heavy atom. The van der Waals surface area contributed by atoms with E-state index in [0.29, 0.717) is 20.3 Å². The zero-order valence-electron chi connectivity index (χ0n) is 15.0. The van der Waals surface area contributed by atoms with Crippen LogP contribution in [0.1, 0.15) is 26.7 Å².